The van der Waals surface area contributed by atoms with Crippen LogP contribution in [0.5, 0.6) is 0 Å². The Morgan fingerprint density at radius 2 is 1.90 bits per heavy atom. The molecule has 0 aliphatic rings. The third-order valence-electron chi connectivity index (χ3n) is 2.71. The van der Waals surface area contributed by atoms with Crippen LogP contribution in [-0.2, 0) is 24.3 Å². The van der Waals surface area contributed by atoms with E-state index in [0.717, 1.165) is 0 Å². The number of ether oxygens (including phenoxy) is 1. The van der Waals surface area contributed by atoms with Gasteiger partial charge in [-0.1, -0.05) is 30.3 Å². The van der Waals surface area contributed by atoms with Gasteiger partial charge < -0.3 is 9.84 Å². The smallest absolute Gasteiger partial charge is 0.306 e. The van der Waals surface area contributed by atoms with E-state index in [1.54, 1.807) is 30.3 Å². The van der Waals surface area contributed by atoms with Crippen molar-refractivity contribution in [3.05, 3.63) is 35.9 Å². The molecule has 0 aromatic heterocycles. The van der Waals surface area contributed by atoms with Crippen LogP contribution in [0.1, 0.15) is 24.4 Å². The van der Waals surface area contributed by atoms with Gasteiger partial charge in [0.05, 0.1) is 31.7 Å². The highest BCUT2D eigenvalue weighted by Gasteiger charge is 2.22. The van der Waals surface area contributed by atoms with Gasteiger partial charge in [0.1, 0.15) is 0 Å². The van der Waals surface area contributed by atoms with Crippen molar-refractivity contribution in [1.82, 2.24) is 4.72 Å². The molecule has 0 spiro atoms. The summed E-state index contributed by atoms with van der Waals surface area (Å²) in [5.74, 6) is -2.22. The van der Waals surface area contributed by atoms with Crippen molar-refractivity contribution >= 4 is 22.0 Å². The second-order valence-electron chi connectivity index (χ2n) is 4.32. The Morgan fingerprint density at radius 1 is 1.29 bits per heavy atom. The third-order valence-corrected chi connectivity index (χ3v) is 4.09. The van der Waals surface area contributed by atoms with Gasteiger partial charge in [0.25, 0.3) is 0 Å². The number of esters is 1. The van der Waals surface area contributed by atoms with Crippen molar-refractivity contribution in [2.45, 2.75) is 18.9 Å². The number of hydrogen-bond donors (Lipinski definition) is 2. The predicted molar refractivity (Wildman–Crippen MR) is 75.0 cm³/mol. The molecule has 0 radical (unpaired) electrons. The van der Waals surface area contributed by atoms with Crippen molar-refractivity contribution in [3.8, 4) is 0 Å². The van der Waals surface area contributed by atoms with E-state index in [-0.39, 0.29) is 12.8 Å². The first-order valence-corrected chi connectivity index (χ1v) is 7.83. The van der Waals surface area contributed by atoms with E-state index < -0.39 is 33.8 Å². The van der Waals surface area contributed by atoms with Crippen LogP contribution >= 0.6 is 0 Å². The van der Waals surface area contributed by atoms with Crippen LogP contribution < -0.4 is 4.72 Å². The number of nitrogens with one attached hydrogen (secondary N) is 1. The van der Waals surface area contributed by atoms with E-state index in [1.807, 2.05) is 0 Å². The Morgan fingerprint density at radius 3 is 2.43 bits per heavy atom. The topological polar surface area (TPSA) is 110 Å². The van der Waals surface area contributed by atoms with Gasteiger partial charge in [0, 0.05) is 0 Å². The number of carbonyl (C=O) groups is 2. The first-order chi connectivity index (χ1) is 9.84. The van der Waals surface area contributed by atoms with E-state index in [4.69, 9.17) is 5.11 Å². The van der Waals surface area contributed by atoms with Crippen LogP contribution in [-0.4, -0.2) is 38.3 Å². The van der Waals surface area contributed by atoms with Gasteiger partial charge >= 0.3 is 11.9 Å². The molecular formula is C13H17NO6S. The fourth-order valence-corrected chi connectivity index (χ4v) is 2.89. The molecule has 0 aliphatic carbocycles. The van der Waals surface area contributed by atoms with Gasteiger partial charge in [-0.2, -0.15) is 0 Å². The Balaban J connectivity index is 2.81. The zero-order valence-electron chi connectivity index (χ0n) is 11.5. The molecule has 0 saturated heterocycles. The van der Waals surface area contributed by atoms with Crippen LogP contribution in [0.15, 0.2) is 30.3 Å². The van der Waals surface area contributed by atoms with Crippen molar-refractivity contribution in [3.63, 3.8) is 0 Å². The lowest BCUT2D eigenvalue weighted by molar-refractivity contribution is -0.140. The number of sulfonamides is 1. The molecule has 0 bridgehead atoms. The van der Waals surface area contributed by atoms with Gasteiger partial charge in [-0.3, -0.25) is 9.59 Å². The third kappa shape index (κ3) is 6.37. The van der Waals surface area contributed by atoms with Crippen LogP contribution in [0.3, 0.4) is 0 Å². The van der Waals surface area contributed by atoms with Crippen LogP contribution in [0, 0.1) is 0 Å². The summed E-state index contributed by atoms with van der Waals surface area (Å²) in [6, 6.07) is 7.51. The zero-order valence-corrected chi connectivity index (χ0v) is 12.3. The standard InChI is InChI=1S/C13H17NO6S/c1-20-13(17)7-8-21(18,19)14-11(9-12(15)16)10-5-3-2-4-6-10/h2-6,11,14H,7-9H2,1H3,(H,15,16). The second kappa shape index (κ2) is 7.75. The maximum Gasteiger partial charge on any atom is 0.306 e. The minimum absolute atomic E-state index is 0.291. The summed E-state index contributed by atoms with van der Waals surface area (Å²) >= 11 is 0. The molecule has 0 amide bonds. The number of benzene rings is 1. The van der Waals surface area contributed by atoms with Crippen LogP contribution in [0.2, 0.25) is 0 Å². The molecular weight excluding hydrogens is 298 g/mol. The molecule has 7 nitrogen and oxygen atoms in total. The maximum atomic E-state index is 11.9. The maximum absolute atomic E-state index is 11.9. The zero-order chi connectivity index (χ0) is 15.9. The highest BCUT2D eigenvalue weighted by Crippen LogP contribution is 2.18. The first kappa shape index (κ1) is 17.1. The fourth-order valence-electron chi connectivity index (χ4n) is 1.68. The highest BCUT2D eigenvalue weighted by molar-refractivity contribution is 7.89. The minimum atomic E-state index is -3.79. The lowest BCUT2D eigenvalue weighted by atomic mass is 10.1. The molecule has 0 fully saturated rings. The van der Waals surface area contributed by atoms with Crippen LogP contribution in [0.25, 0.3) is 0 Å². The average molecular weight is 315 g/mol. The van der Waals surface area contributed by atoms with Crippen LogP contribution in [0.4, 0.5) is 0 Å². The number of carboxylic acid groups (broad SMARTS) is 1. The summed E-state index contributed by atoms with van der Waals surface area (Å²) in [6.07, 6.45) is -0.679. The predicted octanol–water partition coefficient (Wildman–Crippen LogP) is 0.685. The normalized spacial score (nSPS) is 12.6. The number of carbonyl (C=O) groups excluding carboxylic acids is 1. The van der Waals surface area contributed by atoms with E-state index >= 15 is 0 Å². The molecule has 0 aliphatic heterocycles. The lowest BCUT2D eigenvalue weighted by Gasteiger charge is -2.17. The largest absolute Gasteiger partial charge is 0.481 e. The van der Waals surface area contributed by atoms with Crippen molar-refractivity contribution in [2.24, 2.45) is 0 Å². The summed E-state index contributed by atoms with van der Waals surface area (Å²) in [5, 5.41) is 8.89. The van der Waals surface area contributed by atoms with Crippen molar-refractivity contribution in [2.75, 3.05) is 12.9 Å². The van der Waals surface area contributed by atoms with Gasteiger partial charge in [-0.15, -0.1) is 0 Å². The summed E-state index contributed by atoms with van der Waals surface area (Å²) < 4.78 is 30.5. The fraction of sp³-hybridized carbons (Fsp3) is 0.385. The van der Waals surface area contributed by atoms with E-state index in [1.165, 1.54) is 7.11 Å². The highest BCUT2D eigenvalue weighted by atomic mass is 32.2. The summed E-state index contributed by atoms with van der Waals surface area (Å²) in [5.41, 5.74) is 0.543. The molecule has 2 N–H and O–H groups in total. The van der Waals surface area contributed by atoms with E-state index in [2.05, 4.69) is 9.46 Å². The molecule has 1 rings (SSSR count). The molecule has 1 unspecified atom stereocenters. The SMILES string of the molecule is COC(=O)CCS(=O)(=O)NC(CC(=O)O)c1ccccc1. The molecule has 1 atom stereocenters. The second-order valence-corrected chi connectivity index (χ2v) is 6.20. The number of aliphatic carboxylic acids is 1. The summed E-state index contributed by atoms with van der Waals surface area (Å²) in [6.45, 7) is 0. The van der Waals surface area contributed by atoms with E-state index in [9.17, 15) is 18.0 Å². The molecule has 21 heavy (non-hydrogen) atoms. The number of hydrogen-bond acceptors (Lipinski definition) is 5. The Hall–Kier alpha value is -1.93. The van der Waals surface area contributed by atoms with E-state index in [0.29, 0.717) is 5.56 Å². The molecule has 8 heteroatoms. The Kier molecular flexibility index (Phi) is 6.32. The number of carboxylic acids is 1. The number of rotatable bonds is 8. The van der Waals surface area contributed by atoms with Crippen molar-refractivity contribution < 1.29 is 27.9 Å². The van der Waals surface area contributed by atoms with Gasteiger partial charge in [-0.25, -0.2) is 13.1 Å². The first-order valence-electron chi connectivity index (χ1n) is 6.17. The average Bonchev–Trinajstić information content (AvgIpc) is 2.44. The minimum Gasteiger partial charge on any atom is -0.481 e. The number of methoxy groups -OCH3 is 1. The quantitative estimate of drug-likeness (QED) is 0.683. The summed E-state index contributed by atoms with van der Waals surface area (Å²) in [7, 11) is -2.63. The van der Waals surface area contributed by atoms with Gasteiger partial charge in [0.15, 0.2) is 0 Å². The molecule has 0 heterocycles. The monoisotopic (exact) mass is 315 g/mol. The molecule has 1 aromatic carbocycles. The lowest BCUT2D eigenvalue weighted by Crippen LogP contribution is -2.32. The Labute approximate surface area is 123 Å². The van der Waals surface area contributed by atoms with Gasteiger partial charge in [-0.05, 0) is 5.56 Å². The van der Waals surface area contributed by atoms with Crippen molar-refractivity contribution in [1.29, 1.82) is 0 Å². The Bertz CT molecular complexity index is 584. The summed E-state index contributed by atoms with van der Waals surface area (Å²) in [4.78, 5) is 21.9. The molecule has 116 valence electrons. The van der Waals surface area contributed by atoms with Gasteiger partial charge in [0.2, 0.25) is 10.0 Å². The molecule has 1 aromatic rings. The molecule has 0 saturated carbocycles.